The van der Waals surface area contributed by atoms with E-state index in [0.29, 0.717) is 117 Å². The number of aromatic nitrogens is 22. The second-order valence-corrected chi connectivity index (χ2v) is 40.3. The van der Waals surface area contributed by atoms with Crippen LogP contribution in [0.25, 0.3) is 44.5 Å². The molecule has 24 rings (SSSR count). The number of anilines is 4. The molecule has 40 heteroatoms. The van der Waals surface area contributed by atoms with E-state index in [0.717, 1.165) is 245 Å². The van der Waals surface area contributed by atoms with Crippen LogP contribution in [0.3, 0.4) is 0 Å². The van der Waals surface area contributed by atoms with E-state index in [1.54, 1.807) is 32.6 Å². The molecule has 4 aliphatic carbocycles. The number of likely N-dealkylation sites (tertiary alicyclic amines) is 3. The van der Waals surface area contributed by atoms with Crippen molar-refractivity contribution in [1.29, 1.82) is 0 Å². The van der Waals surface area contributed by atoms with Crippen LogP contribution in [0, 0.1) is 0 Å². The van der Waals surface area contributed by atoms with Crippen LogP contribution in [0.1, 0.15) is 172 Å². The molecule has 758 valence electrons. The molecule has 4 aromatic carbocycles. The summed E-state index contributed by atoms with van der Waals surface area (Å²) in [5.41, 5.74) is 26.3. The molecule has 0 bridgehead atoms. The fourth-order valence-corrected chi connectivity index (χ4v) is 22.2. The Morgan fingerprint density at radius 2 is 0.619 bits per heavy atom. The van der Waals surface area contributed by atoms with Gasteiger partial charge in [-0.3, -0.25) is 33.1 Å². The normalized spacial score (nSPS) is 17.3. The zero-order valence-electron chi connectivity index (χ0n) is 84.1. The number of nitrogens with zero attached hydrogens (tertiary/aromatic N) is 25. The molecule has 10 aromatic heterocycles. The topological polar surface area (TPSA) is 434 Å². The molecule has 4 fully saturated rings. The number of hydrogen-bond donors (Lipinski definition) is 7. The summed E-state index contributed by atoms with van der Waals surface area (Å²) in [6, 6.07) is 35.5. The summed E-state index contributed by atoms with van der Waals surface area (Å²) in [5, 5.41) is 69.9. The maximum absolute atomic E-state index is 13.2. The third-order valence-electron chi connectivity index (χ3n) is 30.1. The van der Waals surface area contributed by atoms with Gasteiger partial charge in [-0.15, -0.1) is 12.4 Å². The Morgan fingerprint density at radius 1 is 0.361 bits per heavy atom. The zero-order chi connectivity index (χ0) is 98.8. The summed E-state index contributed by atoms with van der Waals surface area (Å²) in [6.07, 6.45) is 40.0. The SMILES string of the molecule is CCOC(=O)Cn1cc(-c2cnc(NC3Cc4ccccc4C3)nc2)c(C2CCN(C)CC2)n1.CN1CCC(c2nn(CC(=O)N3CCc4n[nH]nc4C3)cc2-c2cnc(NC3Cc4ccccc4C3)nc2)CC1.CN1CCC(c2nn(CC(=O)[O-])cc2-c2cnc(NC3Cc4ccccc4C3)nc2)CC1.Cl.O=C(Cn1cc(-c2cnc(NC3Cc4ccccc4C3)nc2)c(C2CCNCC2)n1)N1CCc2n[nH]nc2C1.[Li+]. The van der Waals surface area contributed by atoms with Gasteiger partial charge in [-0.05, 0) is 228 Å². The number of aliphatic carboxylic acids is 1. The summed E-state index contributed by atoms with van der Waals surface area (Å²) in [5.74, 6) is 2.47. The number of ether oxygens (including phenoxy) is 1. The van der Waals surface area contributed by atoms with E-state index in [-0.39, 0.29) is 75.2 Å². The van der Waals surface area contributed by atoms with Crippen molar-refractivity contribution < 1.29 is 47.9 Å². The summed E-state index contributed by atoms with van der Waals surface area (Å²) in [4.78, 5) is 97.3. The largest absolute Gasteiger partial charge is 1.00 e. The molecule has 14 aromatic rings. The number of piperidine rings is 4. The Hall–Kier alpha value is -13.9. The van der Waals surface area contributed by atoms with E-state index in [1.807, 2.05) is 72.5 Å². The number of H-pyrrole nitrogens is 2. The maximum atomic E-state index is 13.2. The number of amides is 2. The minimum Gasteiger partial charge on any atom is -0.548 e. The quantitative estimate of drug-likeness (QED) is 0.0231. The number of nitrogens with one attached hydrogen (secondary N) is 7. The van der Waals surface area contributed by atoms with Gasteiger partial charge < -0.3 is 65.7 Å². The van der Waals surface area contributed by atoms with Gasteiger partial charge in [-0.1, -0.05) is 97.1 Å². The number of carbonyl (C=O) groups is 4. The van der Waals surface area contributed by atoms with Crippen molar-refractivity contribution in [2.45, 2.75) is 210 Å². The number of esters is 1. The van der Waals surface area contributed by atoms with Crippen LogP contribution in [-0.4, -0.2) is 275 Å². The van der Waals surface area contributed by atoms with Gasteiger partial charge in [0.25, 0.3) is 0 Å². The van der Waals surface area contributed by atoms with E-state index in [9.17, 15) is 24.3 Å². The summed E-state index contributed by atoms with van der Waals surface area (Å²) in [7, 11) is 6.43. The van der Waals surface area contributed by atoms with Gasteiger partial charge in [0, 0.05) is 193 Å². The molecule has 147 heavy (non-hydrogen) atoms. The smallest absolute Gasteiger partial charge is 0.548 e. The van der Waals surface area contributed by atoms with Crippen molar-refractivity contribution in [3.05, 3.63) is 261 Å². The molecule has 0 spiro atoms. The minimum absolute atomic E-state index is 0. The number of aromatic amines is 2. The summed E-state index contributed by atoms with van der Waals surface area (Å²) >= 11 is 0. The first-order chi connectivity index (χ1) is 70.9. The van der Waals surface area contributed by atoms with Crippen LogP contribution in [0.4, 0.5) is 23.8 Å². The predicted octanol–water partition coefficient (Wildman–Crippen LogP) is 6.72. The minimum atomic E-state index is -1.15. The Labute approximate surface area is 872 Å². The number of rotatable bonds is 25. The average molecular weight is 2000 g/mol. The Balaban J connectivity index is 0.000000123. The summed E-state index contributed by atoms with van der Waals surface area (Å²) in [6.45, 7) is 12.7. The van der Waals surface area contributed by atoms with Crippen molar-refractivity contribution in [2.24, 2.45) is 0 Å². The molecule has 7 N–H and O–H groups in total. The molecule has 10 aliphatic rings. The van der Waals surface area contributed by atoms with Crippen molar-refractivity contribution in [2.75, 3.05) is 114 Å². The molecule has 0 saturated carbocycles. The standard InChI is InChI=1S/C29H34N10O.C28H32N10O.C26H32N6O2.C24H28N6O2.ClH.Li/c1-37-9-6-19(7-10-37)28-24(16-39(35-28)18-27(40)38-11-8-25-26(17-38)34-36-33-25)22-14-30-29(31-15-22)32-23-12-20-4-2-3-5-21(20)13-23;39-26(37-10-7-24-25(16-37)34-36-33-24)17-38-15-23(27(35-38)18-5-8-29-9-6-18)21-13-30-28(31-14-21)32-22-11-19-3-1-2-4-20(19)12-22;1-3-34-24(33)17-32-16-23(25(30-32)18-8-10-31(2)11-9-18)21-14-27-26(28-15-21)29-22-12-19-6-4-5-7-20(19)13-22;1-29-8-6-16(7-9-29)23-21(14-30(28-23)15-22(31)32)19-12-25-24(26-13-19)27-20-10-17-4-2-3-5-18(17)11-20;;/h2-5,14-16,19,23H,6-13,17-18H2,1H3,(H,30,31,32)(H,33,34,36);1-4,13-15,18,22,29H,5-12,16-17H2,(H,30,31,32)(H,33,34,36);4-7,14-16,18,22H,3,8-13,17H2,1-2H3,(H,27,28,29);2-5,12-14,16,20H,6-11,15H2,1H3,(H,31,32)(H,25,26,27);1H;/q;;;;;+1/p-1. The Kier molecular flexibility index (Phi) is 32.5. The van der Waals surface area contributed by atoms with Crippen LogP contribution in [0.2, 0.25) is 0 Å². The molecule has 16 heterocycles. The molecule has 2 amide bonds. The third-order valence-corrected chi connectivity index (χ3v) is 30.1. The van der Waals surface area contributed by atoms with E-state index in [1.165, 1.54) is 49.2 Å². The Morgan fingerprint density at radius 3 is 0.891 bits per heavy atom. The van der Waals surface area contributed by atoms with Crippen molar-refractivity contribution in [3.8, 4) is 44.5 Å². The number of benzene rings is 4. The third kappa shape index (κ3) is 24.7. The number of carbonyl (C=O) groups excluding carboxylic acids is 4. The molecular formula is C107H126ClLiN32O6. The van der Waals surface area contributed by atoms with E-state index < -0.39 is 5.97 Å². The first-order valence-corrected chi connectivity index (χ1v) is 51.3. The predicted molar refractivity (Wildman–Crippen MR) is 551 cm³/mol. The van der Waals surface area contributed by atoms with E-state index >= 15 is 0 Å². The molecule has 4 saturated heterocycles. The summed E-state index contributed by atoms with van der Waals surface area (Å²) < 4.78 is 11.9. The van der Waals surface area contributed by atoms with Gasteiger partial charge in [-0.25, -0.2) is 39.9 Å². The van der Waals surface area contributed by atoms with E-state index in [2.05, 4.69) is 235 Å². The van der Waals surface area contributed by atoms with Crippen LogP contribution < -0.4 is 50.6 Å². The number of fused-ring (bicyclic) bond motifs is 6. The van der Waals surface area contributed by atoms with Gasteiger partial charge in [-0.2, -0.15) is 51.2 Å². The molecule has 0 unspecified atom stereocenters. The van der Waals surface area contributed by atoms with Crippen molar-refractivity contribution >= 4 is 60.0 Å². The monoisotopic (exact) mass is 2000 g/mol. The fourth-order valence-electron chi connectivity index (χ4n) is 22.2. The Bertz CT molecular complexity index is 6740. The fraction of sp³-hybridized carbons (Fsp3) is 0.439. The number of carboxylic acid groups (broad SMARTS) is 1. The van der Waals surface area contributed by atoms with Gasteiger partial charge in [0.1, 0.15) is 31.0 Å². The van der Waals surface area contributed by atoms with Crippen molar-refractivity contribution in [1.82, 2.24) is 140 Å². The van der Waals surface area contributed by atoms with Crippen LogP contribution in [0.15, 0.2) is 171 Å². The van der Waals surface area contributed by atoms with Gasteiger partial charge in [0.2, 0.25) is 35.6 Å². The van der Waals surface area contributed by atoms with Gasteiger partial charge in [0.05, 0.1) is 66.4 Å². The maximum Gasteiger partial charge on any atom is 1.00 e. The van der Waals surface area contributed by atoms with E-state index in [4.69, 9.17) is 20.0 Å². The zero-order valence-corrected chi connectivity index (χ0v) is 84.9. The first-order valence-electron chi connectivity index (χ1n) is 51.3. The van der Waals surface area contributed by atoms with Crippen LogP contribution in [0.5, 0.6) is 0 Å². The molecule has 0 radical (unpaired) electrons. The van der Waals surface area contributed by atoms with Crippen molar-refractivity contribution in [3.63, 3.8) is 0 Å². The van der Waals surface area contributed by atoms with Crippen LogP contribution in [-0.2, 0) is 127 Å². The number of halogens is 1. The van der Waals surface area contributed by atoms with Crippen LogP contribution >= 0.6 is 12.4 Å². The second kappa shape index (κ2) is 46.9. The molecule has 6 aliphatic heterocycles. The molecule has 38 nitrogen and oxygen atoms in total. The first kappa shape index (κ1) is 102. The number of carboxylic acids is 1. The average Bonchev–Trinajstić information content (AvgIpc) is 1.64. The second-order valence-electron chi connectivity index (χ2n) is 40.3. The number of hydrogen-bond acceptors (Lipinski definition) is 30. The van der Waals surface area contributed by atoms with Gasteiger partial charge >= 0.3 is 24.8 Å². The van der Waals surface area contributed by atoms with Gasteiger partial charge in [0.15, 0.2) is 0 Å². The molecular weight excluding hydrogens is 1870 g/mol. The molecule has 0 atom stereocenters.